The minimum absolute atomic E-state index is 0.125. The molecule has 0 unspecified atom stereocenters. The number of carbonyl (C=O) groups excluding carboxylic acids is 1. The van der Waals surface area contributed by atoms with Crippen LogP contribution in [0.3, 0.4) is 0 Å². The lowest BCUT2D eigenvalue weighted by Crippen LogP contribution is -2.02. The molecule has 0 amide bonds. The van der Waals surface area contributed by atoms with Crippen molar-refractivity contribution in [2.24, 2.45) is 0 Å². The number of Topliss-reactive ketones (excluding diaryl/α,β-unsaturated/α-hetero) is 1. The Bertz CT molecular complexity index is 616. The van der Waals surface area contributed by atoms with E-state index in [1.807, 2.05) is 0 Å². The van der Waals surface area contributed by atoms with E-state index >= 15 is 0 Å². The van der Waals surface area contributed by atoms with Gasteiger partial charge < -0.3 is 0 Å². The van der Waals surface area contributed by atoms with Gasteiger partial charge in [-0.15, -0.1) is 0 Å². The summed E-state index contributed by atoms with van der Waals surface area (Å²) in [6.45, 7) is 0. The highest BCUT2D eigenvalue weighted by molar-refractivity contribution is 6.31. The predicted molar refractivity (Wildman–Crippen MR) is 75.5 cm³/mol. The number of ketones is 1. The second-order valence-corrected chi connectivity index (χ2v) is 5.23. The number of rotatable bonds is 4. The van der Waals surface area contributed by atoms with Crippen molar-refractivity contribution >= 4 is 29.0 Å². The van der Waals surface area contributed by atoms with E-state index in [-0.39, 0.29) is 27.8 Å². The second-order valence-electron chi connectivity index (χ2n) is 4.36. The van der Waals surface area contributed by atoms with Crippen LogP contribution in [0, 0.1) is 11.6 Å². The Morgan fingerprint density at radius 2 is 1.50 bits per heavy atom. The van der Waals surface area contributed by atoms with E-state index < -0.39 is 11.6 Å². The first-order valence-electron chi connectivity index (χ1n) is 5.88. The van der Waals surface area contributed by atoms with Gasteiger partial charge in [-0.2, -0.15) is 0 Å². The molecule has 0 atom stereocenters. The smallest absolute Gasteiger partial charge is 0.163 e. The summed E-state index contributed by atoms with van der Waals surface area (Å²) in [5.41, 5.74) is 0.823. The lowest BCUT2D eigenvalue weighted by molar-refractivity contribution is 0.0982. The zero-order valence-corrected chi connectivity index (χ0v) is 11.8. The summed E-state index contributed by atoms with van der Waals surface area (Å²) in [6, 6.07) is 7.77. The average Bonchev–Trinajstić information content (AvgIpc) is 2.33. The molecule has 0 saturated heterocycles. The Labute approximate surface area is 125 Å². The highest BCUT2D eigenvalue weighted by atomic mass is 35.5. The molecule has 0 aliphatic carbocycles. The lowest BCUT2D eigenvalue weighted by atomic mass is 10.0. The minimum atomic E-state index is -0.561. The highest BCUT2D eigenvalue weighted by Gasteiger charge is 2.09. The Balaban J connectivity index is 2.08. The van der Waals surface area contributed by atoms with Crippen LogP contribution >= 0.6 is 23.2 Å². The molecule has 20 heavy (non-hydrogen) atoms. The Kier molecular flexibility index (Phi) is 4.73. The van der Waals surface area contributed by atoms with Gasteiger partial charge in [0.1, 0.15) is 11.6 Å². The molecule has 0 saturated carbocycles. The fourth-order valence-electron chi connectivity index (χ4n) is 1.87. The quantitative estimate of drug-likeness (QED) is 0.719. The van der Waals surface area contributed by atoms with E-state index in [2.05, 4.69) is 0 Å². The molecular weight excluding hydrogens is 305 g/mol. The third kappa shape index (κ3) is 4.02. The van der Waals surface area contributed by atoms with Gasteiger partial charge in [0.15, 0.2) is 5.78 Å². The van der Waals surface area contributed by atoms with Crippen LogP contribution in [0.15, 0.2) is 36.4 Å². The van der Waals surface area contributed by atoms with E-state index in [0.717, 1.165) is 12.1 Å². The molecule has 0 heterocycles. The van der Waals surface area contributed by atoms with E-state index in [9.17, 15) is 13.6 Å². The SMILES string of the molecule is O=C(CCc1cc(F)cc(Cl)c1)c1cc(F)cc(Cl)c1. The summed E-state index contributed by atoms with van der Waals surface area (Å²) < 4.78 is 26.3. The largest absolute Gasteiger partial charge is 0.294 e. The van der Waals surface area contributed by atoms with Gasteiger partial charge in [-0.05, 0) is 48.4 Å². The van der Waals surface area contributed by atoms with Crippen LogP contribution in [0.2, 0.25) is 10.0 Å². The molecule has 1 nitrogen and oxygen atoms in total. The summed E-state index contributed by atoms with van der Waals surface area (Å²) in [6.07, 6.45) is 0.448. The monoisotopic (exact) mass is 314 g/mol. The van der Waals surface area contributed by atoms with Crippen molar-refractivity contribution in [3.8, 4) is 0 Å². The number of aryl methyl sites for hydroxylation is 1. The number of carbonyl (C=O) groups is 1. The molecule has 5 heteroatoms. The first-order chi connectivity index (χ1) is 9.44. The first kappa shape index (κ1) is 14.9. The molecule has 2 rings (SSSR count). The minimum Gasteiger partial charge on any atom is -0.294 e. The van der Waals surface area contributed by atoms with Gasteiger partial charge in [0.25, 0.3) is 0 Å². The fraction of sp³-hybridized carbons (Fsp3) is 0.133. The van der Waals surface area contributed by atoms with Crippen molar-refractivity contribution in [1.29, 1.82) is 0 Å². The van der Waals surface area contributed by atoms with Gasteiger partial charge >= 0.3 is 0 Å². The van der Waals surface area contributed by atoms with Crippen LogP contribution in [-0.2, 0) is 6.42 Å². The van der Waals surface area contributed by atoms with Crippen molar-refractivity contribution in [2.45, 2.75) is 12.8 Å². The fourth-order valence-corrected chi connectivity index (χ4v) is 2.34. The molecule has 0 N–H and O–H groups in total. The van der Waals surface area contributed by atoms with E-state index in [1.165, 1.54) is 18.2 Å². The average molecular weight is 315 g/mol. The Morgan fingerprint density at radius 1 is 0.900 bits per heavy atom. The maximum Gasteiger partial charge on any atom is 0.163 e. The lowest BCUT2D eigenvalue weighted by Gasteiger charge is -2.04. The molecule has 0 radical (unpaired) electrons. The van der Waals surface area contributed by atoms with Gasteiger partial charge in [0.05, 0.1) is 0 Å². The third-order valence-electron chi connectivity index (χ3n) is 2.75. The molecule has 2 aromatic rings. The molecule has 0 aromatic heterocycles. The number of benzene rings is 2. The van der Waals surface area contributed by atoms with Gasteiger partial charge in [0.2, 0.25) is 0 Å². The molecule has 0 aliphatic heterocycles. The molecule has 0 spiro atoms. The summed E-state index contributed by atoms with van der Waals surface area (Å²) in [5.74, 6) is -1.27. The second kappa shape index (κ2) is 6.33. The number of hydrogen-bond donors (Lipinski definition) is 0. The summed E-state index contributed by atoms with van der Waals surface area (Å²) in [7, 11) is 0. The topological polar surface area (TPSA) is 17.1 Å². The molecular formula is C15H10Cl2F2O. The molecule has 0 fully saturated rings. The summed E-state index contributed by atoms with van der Waals surface area (Å²) in [4.78, 5) is 11.9. The maximum atomic E-state index is 13.2. The summed E-state index contributed by atoms with van der Waals surface area (Å²) >= 11 is 11.4. The molecule has 0 aliphatic rings. The zero-order chi connectivity index (χ0) is 14.7. The van der Waals surface area contributed by atoms with Crippen molar-refractivity contribution < 1.29 is 13.6 Å². The van der Waals surface area contributed by atoms with E-state index in [4.69, 9.17) is 23.2 Å². The zero-order valence-electron chi connectivity index (χ0n) is 10.3. The van der Waals surface area contributed by atoms with Gasteiger partial charge in [0, 0.05) is 22.0 Å². The van der Waals surface area contributed by atoms with Gasteiger partial charge in [-0.3, -0.25) is 4.79 Å². The van der Waals surface area contributed by atoms with Crippen molar-refractivity contribution in [3.63, 3.8) is 0 Å². The van der Waals surface area contributed by atoms with Crippen molar-refractivity contribution in [3.05, 3.63) is 69.2 Å². The van der Waals surface area contributed by atoms with E-state index in [1.54, 1.807) is 6.07 Å². The van der Waals surface area contributed by atoms with Crippen LogP contribution in [-0.4, -0.2) is 5.78 Å². The molecule has 0 bridgehead atoms. The standard InChI is InChI=1S/C15H10Cl2F2O/c16-11-3-9(4-13(18)7-11)1-2-15(20)10-5-12(17)8-14(19)6-10/h3-8H,1-2H2. The summed E-state index contributed by atoms with van der Waals surface area (Å²) in [5, 5.41) is 0.448. The Morgan fingerprint density at radius 3 is 2.10 bits per heavy atom. The third-order valence-corrected chi connectivity index (χ3v) is 3.18. The van der Waals surface area contributed by atoms with Gasteiger partial charge in [-0.25, -0.2) is 8.78 Å². The Hall–Kier alpha value is -1.45. The number of halogens is 4. The number of hydrogen-bond acceptors (Lipinski definition) is 1. The normalized spacial score (nSPS) is 10.6. The van der Waals surface area contributed by atoms with Crippen molar-refractivity contribution in [1.82, 2.24) is 0 Å². The van der Waals surface area contributed by atoms with Crippen molar-refractivity contribution in [2.75, 3.05) is 0 Å². The highest BCUT2D eigenvalue weighted by Crippen LogP contribution is 2.18. The first-order valence-corrected chi connectivity index (χ1v) is 6.64. The predicted octanol–water partition coefficient (Wildman–Crippen LogP) is 5.09. The molecule has 104 valence electrons. The van der Waals surface area contributed by atoms with Crippen LogP contribution in [0.1, 0.15) is 22.3 Å². The van der Waals surface area contributed by atoms with E-state index in [0.29, 0.717) is 12.0 Å². The van der Waals surface area contributed by atoms with Crippen LogP contribution in [0.4, 0.5) is 8.78 Å². The van der Waals surface area contributed by atoms with Gasteiger partial charge in [-0.1, -0.05) is 23.2 Å². The maximum absolute atomic E-state index is 13.2. The van der Waals surface area contributed by atoms with Crippen LogP contribution in [0.5, 0.6) is 0 Å². The molecule has 2 aromatic carbocycles. The van der Waals surface area contributed by atoms with Crippen LogP contribution in [0.25, 0.3) is 0 Å². The van der Waals surface area contributed by atoms with Crippen LogP contribution < -0.4 is 0 Å².